The quantitative estimate of drug-likeness (QED) is 0.730. The summed E-state index contributed by atoms with van der Waals surface area (Å²) >= 11 is 0. The number of tetrazole rings is 1. The fourth-order valence-electron chi connectivity index (χ4n) is 2.55. The van der Waals surface area contributed by atoms with Crippen LogP contribution in [0.3, 0.4) is 0 Å². The molecule has 1 atom stereocenters. The summed E-state index contributed by atoms with van der Waals surface area (Å²) in [5.41, 5.74) is 2.14. The fraction of sp³-hybridized carbons (Fsp3) is 0.222. The zero-order valence-electron chi connectivity index (χ0n) is 14.7. The highest BCUT2D eigenvalue weighted by molar-refractivity contribution is 5.95. The molecule has 1 unspecified atom stereocenters. The number of nitrogens with one attached hydrogen (secondary N) is 1. The third-order valence-electron chi connectivity index (χ3n) is 3.98. The Labute approximate surface area is 150 Å². The molecule has 1 heterocycles. The Bertz CT molecular complexity index is 896. The van der Waals surface area contributed by atoms with Crippen molar-refractivity contribution in [1.29, 1.82) is 0 Å². The lowest BCUT2D eigenvalue weighted by Crippen LogP contribution is -2.26. The number of amides is 1. The van der Waals surface area contributed by atoms with Gasteiger partial charge in [-0.25, -0.2) is 4.68 Å². The molecule has 3 aromatic rings. The minimum atomic E-state index is -0.209. The number of ether oxygens (including phenoxy) is 2. The van der Waals surface area contributed by atoms with Crippen molar-refractivity contribution < 1.29 is 14.3 Å². The number of rotatable bonds is 6. The van der Waals surface area contributed by atoms with Gasteiger partial charge in [0.15, 0.2) is 11.5 Å². The van der Waals surface area contributed by atoms with Gasteiger partial charge in [0, 0.05) is 5.56 Å². The lowest BCUT2D eigenvalue weighted by molar-refractivity contribution is 0.0940. The van der Waals surface area contributed by atoms with E-state index in [1.165, 1.54) is 11.0 Å². The standard InChI is InChI=1S/C18H19N5O3/c1-12(13-7-8-16(25-2)17(10-13)26-3)20-18(24)14-5-4-6-15(9-14)23-11-19-21-22-23/h4-12H,1-3H3,(H,20,24). The van der Waals surface area contributed by atoms with Crippen LogP contribution in [0.4, 0.5) is 0 Å². The predicted octanol–water partition coefficient (Wildman–Crippen LogP) is 2.17. The predicted molar refractivity (Wildman–Crippen MR) is 94.6 cm³/mol. The Morgan fingerprint density at radius 2 is 1.92 bits per heavy atom. The van der Waals surface area contributed by atoms with E-state index in [1.54, 1.807) is 32.4 Å². The molecule has 0 aliphatic carbocycles. The second-order valence-electron chi connectivity index (χ2n) is 5.61. The molecule has 8 heteroatoms. The molecular formula is C18H19N5O3. The lowest BCUT2D eigenvalue weighted by atomic mass is 10.1. The lowest BCUT2D eigenvalue weighted by Gasteiger charge is -2.17. The van der Waals surface area contributed by atoms with E-state index >= 15 is 0 Å². The number of carbonyl (C=O) groups is 1. The molecule has 26 heavy (non-hydrogen) atoms. The maximum Gasteiger partial charge on any atom is 0.251 e. The van der Waals surface area contributed by atoms with Crippen molar-refractivity contribution in [2.75, 3.05) is 14.2 Å². The van der Waals surface area contributed by atoms with Crippen LogP contribution in [0.2, 0.25) is 0 Å². The summed E-state index contributed by atoms with van der Waals surface area (Å²) in [6, 6.07) is 12.4. The third-order valence-corrected chi connectivity index (χ3v) is 3.98. The summed E-state index contributed by atoms with van der Waals surface area (Å²) in [5, 5.41) is 14.0. The van der Waals surface area contributed by atoms with Gasteiger partial charge in [0.25, 0.3) is 5.91 Å². The zero-order valence-corrected chi connectivity index (χ0v) is 14.7. The van der Waals surface area contributed by atoms with Crippen LogP contribution in [0.25, 0.3) is 5.69 Å². The van der Waals surface area contributed by atoms with Gasteiger partial charge < -0.3 is 14.8 Å². The first-order valence-corrected chi connectivity index (χ1v) is 7.98. The molecule has 0 bridgehead atoms. The number of hydrogen-bond donors (Lipinski definition) is 1. The smallest absolute Gasteiger partial charge is 0.251 e. The SMILES string of the molecule is COc1ccc(C(C)NC(=O)c2cccc(-n3cnnn3)c2)cc1OC. The van der Waals surface area contributed by atoms with Gasteiger partial charge >= 0.3 is 0 Å². The Balaban J connectivity index is 1.76. The largest absolute Gasteiger partial charge is 0.493 e. The maximum atomic E-state index is 12.6. The van der Waals surface area contributed by atoms with Crippen LogP contribution >= 0.6 is 0 Å². The van der Waals surface area contributed by atoms with Crippen LogP contribution in [0, 0.1) is 0 Å². The molecule has 134 valence electrons. The zero-order chi connectivity index (χ0) is 18.5. The van der Waals surface area contributed by atoms with Gasteiger partial charge in [-0.2, -0.15) is 0 Å². The first-order valence-electron chi connectivity index (χ1n) is 7.98. The highest BCUT2D eigenvalue weighted by atomic mass is 16.5. The molecule has 1 aromatic heterocycles. The molecule has 0 saturated heterocycles. The van der Waals surface area contributed by atoms with Crippen LogP contribution in [0.15, 0.2) is 48.8 Å². The average molecular weight is 353 g/mol. The normalized spacial score (nSPS) is 11.7. The highest BCUT2D eigenvalue weighted by Crippen LogP contribution is 2.30. The molecule has 0 saturated carbocycles. The second-order valence-corrected chi connectivity index (χ2v) is 5.61. The Morgan fingerprint density at radius 1 is 1.12 bits per heavy atom. The molecule has 2 aromatic carbocycles. The monoisotopic (exact) mass is 353 g/mol. The van der Waals surface area contributed by atoms with Gasteiger partial charge in [-0.15, -0.1) is 5.10 Å². The molecule has 1 amide bonds. The molecule has 0 aliphatic heterocycles. The van der Waals surface area contributed by atoms with Crippen molar-refractivity contribution in [2.45, 2.75) is 13.0 Å². The Hall–Kier alpha value is -3.42. The van der Waals surface area contributed by atoms with Crippen LogP contribution in [-0.2, 0) is 0 Å². The molecule has 0 radical (unpaired) electrons. The molecule has 3 rings (SSSR count). The summed E-state index contributed by atoms with van der Waals surface area (Å²) in [4.78, 5) is 12.6. The van der Waals surface area contributed by atoms with Crippen molar-refractivity contribution in [3.05, 3.63) is 59.9 Å². The number of nitrogens with zero attached hydrogens (tertiary/aromatic N) is 4. The highest BCUT2D eigenvalue weighted by Gasteiger charge is 2.14. The number of hydrogen-bond acceptors (Lipinski definition) is 6. The van der Waals surface area contributed by atoms with E-state index < -0.39 is 0 Å². The number of methoxy groups -OCH3 is 2. The molecule has 8 nitrogen and oxygen atoms in total. The van der Waals surface area contributed by atoms with Gasteiger partial charge in [-0.05, 0) is 53.2 Å². The molecule has 1 N–H and O–H groups in total. The van der Waals surface area contributed by atoms with E-state index in [9.17, 15) is 4.79 Å². The van der Waals surface area contributed by atoms with Crippen LogP contribution in [-0.4, -0.2) is 40.3 Å². The van der Waals surface area contributed by atoms with Gasteiger partial charge in [0.1, 0.15) is 6.33 Å². The van der Waals surface area contributed by atoms with Crippen molar-refractivity contribution in [3.63, 3.8) is 0 Å². The third kappa shape index (κ3) is 3.64. The number of carbonyl (C=O) groups excluding carboxylic acids is 1. The van der Waals surface area contributed by atoms with Gasteiger partial charge in [0.05, 0.1) is 25.9 Å². The topological polar surface area (TPSA) is 91.2 Å². The first-order chi connectivity index (χ1) is 12.6. The van der Waals surface area contributed by atoms with Crippen molar-refractivity contribution >= 4 is 5.91 Å². The van der Waals surface area contributed by atoms with Crippen LogP contribution in [0.1, 0.15) is 28.9 Å². The maximum absolute atomic E-state index is 12.6. The molecule has 0 spiro atoms. The first kappa shape index (κ1) is 17.4. The van der Waals surface area contributed by atoms with E-state index in [4.69, 9.17) is 9.47 Å². The van der Waals surface area contributed by atoms with E-state index in [2.05, 4.69) is 20.8 Å². The molecular weight excluding hydrogens is 334 g/mol. The summed E-state index contributed by atoms with van der Waals surface area (Å²) < 4.78 is 12.0. The van der Waals surface area contributed by atoms with Crippen LogP contribution < -0.4 is 14.8 Å². The second kappa shape index (κ2) is 7.64. The average Bonchev–Trinajstić information content (AvgIpc) is 3.22. The minimum Gasteiger partial charge on any atom is -0.493 e. The van der Waals surface area contributed by atoms with Crippen molar-refractivity contribution in [2.24, 2.45) is 0 Å². The van der Waals surface area contributed by atoms with E-state index in [1.807, 2.05) is 31.2 Å². The minimum absolute atomic E-state index is 0.192. The Morgan fingerprint density at radius 3 is 2.62 bits per heavy atom. The Kier molecular flexibility index (Phi) is 5.12. The summed E-state index contributed by atoms with van der Waals surface area (Å²) in [5.74, 6) is 1.07. The van der Waals surface area contributed by atoms with Crippen molar-refractivity contribution in [1.82, 2.24) is 25.5 Å². The number of aromatic nitrogens is 4. The van der Waals surface area contributed by atoms with Gasteiger partial charge in [-0.1, -0.05) is 12.1 Å². The van der Waals surface area contributed by atoms with E-state index in [-0.39, 0.29) is 11.9 Å². The van der Waals surface area contributed by atoms with Gasteiger partial charge in [0.2, 0.25) is 0 Å². The molecule has 0 aliphatic rings. The number of benzene rings is 2. The van der Waals surface area contributed by atoms with Crippen molar-refractivity contribution in [3.8, 4) is 17.2 Å². The summed E-state index contributed by atoms with van der Waals surface area (Å²) in [6.07, 6.45) is 1.48. The van der Waals surface area contributed by atoms with E-state index in [0.717, 1.165) is 5.56 Å². The fourth-order valence-corrected chi connectivity index (χ4v) is 2.55. The van der Waals surface area contributed by atoms with Crippen LogP contribution in [0.5, 0.6) is 11.5 Å². The summed E-state index contributed by atoms with van der Waals surface area (Å²) in [7, 11) is 3.16. The molecule has 0 fully saturated rings. The summed E-state index contributed by atoms with van der Waals surface area (Å²) in [6.45, 7) is 1.91. The van der Waals surface area contributed by atoms with Gasteiger partial charge in [-0.3, -0.25) is 4.79 Å². The van der Waals surface area contributed by atoms with E-state index in [0.29, 0.717) is 22.7 Å².